The Hall–Kier alpha value is -0.440. The minimum atomic E-state index is 0.114. The molecule has 0 saturated carbocycles. The Balaban J connectivity index is 2.33. The van der Waals surface area contributed by atoms with E-state index in [1.54, 1.807) is 0 Å². The molecular weight excluding hydrogens is 194 g/mol. The van der Waals surface area contributed by atoms with Crippen molar-refractivity contribution in [3.63, 3.8) is 0 Å². The van der Waals surface area contributed by atoms with Crippen molar-refractivity contribution in [2.75, 3.05) is 5.75 Å². The molecule has 1 rings (SSSR count). The monoisotopic (exact) mass is 213 g/mol. The van der Waals surface area contributed by atoms with Gasteiger partial charge >= 0.3 is 0 Å². The molecule has 1 amide bonds. The molecule has 14 heavy (non-hydrogen) atoms. The van der Waals surface area contributed by atoms with E-state index >= 15 is 0 Å². The normalized spacial score (nSPS) is 24.8. The lowest BCUT2D eigenvalue weighted by atomic mass is 10.0. The number of amides is 1. The van der Waals surface area contributed by atoms with Crippen molar-refractivity contribution in [3.8, 4) is 0 Å². The molecular formula is C11H19NOS. The van der Waals surface area contributed by atoms with E-state index in [9.17, 15) is 4.79 Å². The minimum absolute atomic E-state index is 0.114. The van der Waals surface area contributed by atoms with Crippen LogP contribution in [-0.4, -0.2) is 17.0 Å². The van der Waals surface area contributed by atoms with Crippen LogP contribution in [0.4, 0.5) is 4.79 Å². The first kappa shape index (κ1) is 11.6. The first-order valence-corrected chi connectivity index (χ1v) is 6.41. The predicted octanol–water partition coefficient (Wildman–Crippen LogP) is 3.34. The van der Waals surface area contributed by atoms with Gasteiger partial charge in [-0.2, -0.15) is 0 Å². The third-order valence-corrected chi connectivity index (χ3v) is 3.00. The third-order valence-electron chi connectivity index (χ3n) is 2.33. The molecule has 0 radical (unpaired) electrons. The van der Waals surface area contributed by atoms with Crippen molar-refractivity contribution in [2.45, 2.75) is 45.1 Å². The number of hydrogen-bond donors (Lipinski definition) is 1. The van der Waals surface area contributed by atoms with Gasteiger partial charge in [-0.25, -0.2) is 0 Å². The number of carbonyl (C=O) groups is 1. The van der Waals surface area contributed by atoms with Crippen molar-refractivity contribution in [2.24, 2.45) is 0 Å². The van der Waals surface area contributed by atoms with E-state index < -0.39 is 0 Å². The second-order valence-electron chi connectivity index (χ2n) is 3.54. The Morgan fingerprint density at radius 3 is 3.14 bits per heavy atom. The van der Waals surface area contributed by atoms with E-state index in [4.69, 9.17) is 0 Å². The molecule has 1 atom stereocenters. The van der Waals surface area contributed by atoms with Crippen LogP contribution in [0.5, 0.6) is 0 Å². The molecule has 3 heteroatoms. The Kier molecular flexibility index (Phi) is 5.76. The van der Waals surface area contributed by atoms with Crippen LogP contribution in [0, 0.1) is 0 Å². The summed E-state index contributed by atoms with van der Waals surface area (Å²) in [4.78, 5) is 11.3. The van der Waals surface area contributed by atoms with Crippen LogP contribution in [0.25, 0.3) is 0 Å². The zero-order valence-electron chi connectivity index (χ0n) is 8.79. The topological polar surface area (TPSA) is 29.1 Å². The molecule has 1 aliphatic rings. The number of rotatable bonds is 2. The lowest BCUT2D eigenvalue weighted by Gasteiger charge is -2.16. The van der Waals surface area contributed by atoms with Crippen molar-refractivity contribution in [3.05, 3.63) is 12.2 Å². The average Bonchev–Trinajstić information content (AvgIpc) is 2.10. The molecule has 0 aliphatic heterocycles. The Bertz CT molecular complexity index is 203. The van der Waals surface area contributed by atoms with Crippen LogP contribution in [-0.2, 0) is 0 Å². The molecule has 0 spiro atoms. The standard InChI is InChI=1S/C11H19NOS/c1-2-14-11(13)12-10-8-6-4-3-5-7-9-10/h6,8,10H,2-5,7,9H2,1H3,(H,12,13)/b8-6+. The third kappa shape index (κ3) is 4.70. The highest BCUT2D eigenvalue weighted by molar-refractivity contribution is 8.13. The van der Waals surface area contributed by atoms with Gasteiger partial charge in [0.15, 0.2) is 0 Å². The maximum atomic E-state index is 11.3. The Morgan fingerprint density at radius 1 is 1.50 bits per heavy atom. The highest BCUT2D eigenvalue weighted by atomic mass is 32.2. The van der Waals surface area contributed by atoms with E-state index in [0.717, 1.165) is 18.6 Å². The Labute approximate surface area is 90.5 Å². The van der Waals surface area contributed by atoms with Gasteiger partial charge in [0.1, 0.15) is 0 Å². The smallest absolute Gasteiger partial charge is 0.279 e. The van der Waals surface area contributed by atoms with Crippen LogP contribution in [0.1, 0.15) is 39.0 Å². The number of nitrogens with one attached hydrogen (secondary N) is 1. The number of carbonyl (C=O) groups excluding carboxylic acids is 1. The fraction of sp³-hybridized carbons (Fsp3) is 0.727. The second kappa shape index (κ2) is 6.93. The van der Waals surface area contributed by atoms with Crippen LogP contribution in [0.15, 0.2) is 12.2 Å². The lowest BCUT2D eigenvalue weighted by Crippen LogP contribution is -2.30. The number of allylic oxidation sites excluding steroid dienone is 1. The summed E-state index contributed by atoms with van der Waals surface area (Å²) in [5.41, 5.74) is 0. The van der Waals surface area contributed by atoms with Crippen LogP contribution in [0.2, 0.25) is 0 Å². The van der Waals surface area contributed by atoms with Gasteiger partial charge in [0, 0.05) is 6.04 Å². The van der Waals surface area contributed by atoms with E-state index in [-0.39, 0.29) is 11.3 Å². The van der Waals surface area contributed by atoms with Crippen molar-refractivity contribution in [1.29, 1.82) is 0 Å². The van der Waals surface area contributed by atoms with E-state index in [2.05, 4.69) is 17.5 Å². The molecule has 0 bridgehead atoms. The van der Waals surface area contributed by atoms with Gasteiger partial charge in [0.2, 0.25) is 0 Å². The van der Waals surface area contributed by atoms with Crippen molar-refractivity contribution in [1.82, 2.24) is 5.32 Å². The molecule has 1 unspecified atom stereocenters. The van der Waals surface area contributed by atoms with Gasteiger partial charge in [0.05, 0.1) is 0 Å². The zero-order valence-corrected chi connectivity index (χ0v) is 9.61. The molecule has 1 N–H and O–H groups in total. The van der Waals surface area contributed by atoms with Crippen molar-refractivity contribution < 1.29 is 4.79 Å². The fourth-order valence-electron chi connectivity index (χ4n) is 1.60. The zero-order chi connectivity index (χ0) is 10.2. The Morgan fingerprint density at radius 2 is 2.36 bits per heavy atom. The minimum Gasteiger partial charge on any atom is -0.341 e. The van der Waals surface area contributed by atoms with Gasteiger partial charge in [-0.3, -0.25) is 4.79 Å². The van der Waals surface area contributed by atoms with Crippen molar-refractivity contribution >= 4 is 17.0 Å². The average molecular weight is 213 g/mol. The highest BCUT2D eigenvalue weighted by Gasteiger charge is 2.09. The first-order valence-electron chi connectivity index (χ1n) is 5.43. The highest BCUT2D eigenvalue weighted by Crippen LogP contribution is 2.12. The maximum Gasteiger partial charge on any atom is 0.279 e. The summed E-state index contributed by atoms with van der Waals surface area (Å²) in [5.74, 6) is 0.849. The van der Waals surface area contributed by atoms with Crippen LogP contribution in [0.3, 0.4) is 0 Å². The summed E-state index contributed by atoms with van der Waals surface area (Å²) < 4.78 is 0. The SMILES string of the molecule is CCSC(=O)NC1/C=C/CCCCC1. The molecule has 0 aromatic heterocycles. The summed E-state index contributed by atoms with van der Waals surface area (Å²) in [5, 5.41) is 3.14. The summed E-state index contributed by atoms with van der Waals surface area (Å²) in [7, 11) is 0. The summed E-state index contributed by atoms with van der Waals surface area (Å²) >= 11 is 1.35. The summed E-state index contributed by atoms with van der Waals surface area (Å²) in [6, 6.07) is 0.266. The van der Waals surface area contributed by atoms with Crippen LogP contribution < -0.4 is 5.32 Å². The molecule has 2 nitrogen and oxygen atoms in total. The van der Waals surface area contributed by atoms with Gasteiger partial charge in [-0.1, -0.05) is 43.7 Å². The van der Waals surface area contributed by atoms with E-state index in [1.807, 2.05) is 6.92 Å². The molecule has 0 heterocycles. The number of hydrogen-bond acceptors (Lipinski definition) is 2. The number of thioether (sulfide) groups is 1. The maximum absolute atomic E-state index is 11.3. The van der Waals surface area contributed by atoms with Crippen LogP contribution >= 0.6 is 11.8 Å². The molecule has 0 aromatic rings. The van der Waals surface area contributed by atoms with Gasteiger partial charge in [-0.15, -0.1) is 0 Å². The summed E-state index contributed by atoms with van der Waals surface area (Å²) in [6.07, 6.45) is 10.4. The first-order chi connectivity index (χ1) is 6.83. The summed E-state index contributed by atoms with van der Waals surface area (Å²) in [6.45, 7) is 2.00. The molecule has 0 fully saturated rings. The van der Waals surface area contributed by atoms with Gasteiger partial charge in [0.25, 0.3) is 5.24 Å². The van der Waals surface area contributed by atoms with Gasteiger partial charge in [-0.05, 0) is 25.0 Å². The van der Waals surface area contributed by atoms with E-state index in [0.29, 0.717) is 0 Å². The quantitative estimate of drug-likeness (QED) is 0.713. The largest absolute Gasteiger partial charge is 0.341 e. The molecule has 0 saturated heterocycles. The van der Waals surface area contributed by atoms with E-state index in [1.165, 1.54) is 31.0 Å². The molecule has 80 valence electrons. The predicted molar refractivity (Wildman–Crippen MR) is 62.7 cm³/mol. The molecule has 0 aromatic carbocycles. The van der Waals surface area contributed by atoms with Gasteiger partial charge < -0.3 is 5.32 Å². The fourth-order valence-corrected chi connectivity index (χ4v) is 2.10. The second-order valence-corrected chi connectivity index (χ2v) is 4.77. The lowest BCUT2D eigenvalue weighted by molar-refractivity contribution is 0.258. The molecule has 1 aliphatic carbocycles.